The molecule has 4 heteroatoms. The van der Waals surface area contributed by atoms with Crippen molar-refractivity contribution < 1.29 is 9.21 Å². The first-order valence-corrected chi connectivity index (χ1v) is 7.12. The van der Waals surface area contributed by atoms with Gasteiger partial charge in [-0.15, -0.1) is 0 Å². The fourth-order valence-electron chi connectivity index (χ4n) is 2.67. The Kier molecular flexibility index (Phi) is 3.81. The Morgan fingerprint density at radius 1 is 1.35 bits per heavy atom. The molecule has 1 saturated carbocycles. The van der Waals surface area contributed by atoms with Crippen LogP contribution in [0.15, 0.2) is 35.1 Å². The van der Waals surface area contributed by atoms with Gasteiger partial charge in [0.1, 0.15) is 5.76 Å². The number of aromatic nitrogens is 2. The Labute approximate surface area is 118 Å². The zero-order valence-corrected chi connectivity index (χ0v) is 11.4. The van der Waals surface area contributed by atoms with E-state index in [-0.39, 0.29) is 5.91 Å². The van der Waals surface area contributed by atoms with E-state index in [0.717, 1.165) is 11.5 Å². The predicted octanol–water partition coefficient (Wildman–Crippen LogP) is 3.87. The summed E-state index contributed by atoms with van der Waals surface area (Å²) < 4.78 is 6.67. The number of carbonyl (C=O) groups excluding carboxylic acids is 1. The maximum atomic E-state index is 12.1. The van der Waals surface area contributed by atoms with Crippen molar-refractivity contribution in [1.29, 1.82) is 0 Å². The van der Waals surface area contributed by atoms with Gasteiger partial charge < -0.3 is 4.42 Å². The van der Waals surface area contributed by atoms with Crippen molar-refractivity contribution in [3.05, 3.63) is 42.1 Å². The molecule has 0 amide bonds. The van der Waals surface area contributed by atoms with E-state index >= 15 is 0 Å². The second-order valence-corrected chi connectivity index (χ2v) is 5.28. The number of hydrogen-bond acceptors (Lipinski definition) is 3. The molecule has 2 aromatic rings. The van der Waals surface area contributed by atoms with Gasteiger partial charge >= 0.3 is 0 Å². The first-order chi connectivity index (χ1) is 9.81. The molecule has 2 aromatic heterocycles. The fraction of sp³-hybridized carbons (Fsp3) is 0.375. The van der Waals surface area contributed by atoms with Gasteiger partial charge in [-0.05, 0) is 49.1 Å². The lowest BCUT2D eigenvalue weighted by Crippen LogP contribution is -2.14. The lowest BCUT2D eigenvalue weighted by molar-refractivity contribution is 0.0864. The smallest absolute Gasteiger partial charge is 0.247 e. The number of hydrogen-bond donors (Lipinski definition) is 0. The van der Waals surface area contributed by atoms with Gasteiger partial charge in [0.25, 0.3) is 0 Å². The second kappa shape index (κ2) is 5.90. The molecule has 0 saturated heterocycles. The lowest BCUT2D eigenvalue weighted by Gasteiger charge is -2.06. The van der Waals surface area contributed by atoms with Gasteiger partial charge in [0, 0.05) is 12.6 Å². The van der Waals surface area contributed by atoms with Crippen LogP contribution in [0.3, 0.4) is 0 Å². The lowest BCUT2D eigenvalue weighted by atomic mass is 10.0. The summed E-state index contributed by atoms with van der Waals surface area (Å²) in [4.78, 5) is 12.1. The summed E-state index contributed by atoms with van der Waals surface area (Å²) >= 11 is 0. The van der Waals surface area contributed by atoms with Crippen LogP contribution in [0, 0.1) is 5.92 Å². The zero-order chi connectivity index (χ0) is 13.8. The largest absolute Gasteiger partial charge is 0.465 e. The Hall–Kier alpha value is -2.10. The summed E-state index contributed by atoms with van der Waals surface area (Å²) in [5.41, 5.74) is 0.765. The molecule has 0 unspecified atom stereocenters. The zero-order valence-electron chi connectivity index (χ0n) is 11.4. The standard InChI is InChI=1S/C16H18N2O2/c19-16(12-13-4-1-2-5-13)18-10-9-14(17-18)7-8-15-6-3-11-20-15/h3,6-11,13H,1-2,4-5,12H2. The molecule has 1 aliphatic carbocycles. The van der Waals surface area contributed by atoms with Crippen LogP contribution in [-0.2, 0) is 0 Å². The molecule has 0 aliphatic heterocycles. The Balaban J connectivity index is 1.62. The topological polar surface area (TPSA) is 48.0 Å². The minimum atomic E-state index is 0.0922. The molecule has 0 bridgehead atoms. The van der Waals surface area contributed by atoms with Crippen LogP contribution in [0.4, 0.5) is 0 Å². The van der Waals surface area contributed by atoms with Crippen LogP contribution in [0.1, 0.15) is 48.4 Å². The van der Waals surface area contributed by atoms with E-state index in [4.69, 9.17) is 4.42 Å². The van der Waals surface area contributed by atoms with Crippen LogP contribution in [0.2, 0.25) is 0 Å². The highest BCUT2D eigenvalue weighted by atomic mass is 16.3. The van der Waals surface area contributed by atoms with E-state index in [2.05, 4.69) is 5.10 Å². The molecule has 3 rings (SSSR count). The van der Waals surface area contributed by atoms with Crippen LogP contribution in [0.5, 0.6) is 0 Å². The molecule has 0 aromatic carbocycles. The molecule has 0 radical (unpaired) electrons. The van der Waals surface area contributed by atoms with E-state index in [9.17, 15) is 4.79 Å². The quantitative estimate of drug-likeness (QED) is 0.847. The van der Waals surface area contributed by atoms with Crippen molar-refractivity contribution in [2.45, 2.75) is 32.1 Å². The van der Waals surface area contributed by atoms with Crippen molar-refractivity contribution in [3.63, 3.8) is 0 Å². The maximum absolute atomic E-state index is 12.1. The number of rotatable bonds is 4. The molecule has 4 nitrogen and oxygen atoms in total. The third kappa shape index (κ3) is 3.07. The van der Waals surface area contributed by atoms with Gasteiger partial charge in [-0.25, -0.2) is 4.68 Å². The monoisotopic (exact) mass is 270 g/mol. The van der Waals surface area contributed by atoms with Gasteiger partial charge in [-0.1, -0.05) is 12.8 Å². The normalized spacial score (nSPS) is 16.2. The molecule has 0 N–H and O–H groups in total. The summed E-state index contributed by atoms with van der Waals surface area (Å²) in [7, 11) is 0. The Bertz CT molecular complexity index is 590. The van der Waals surface area contributed by atoms with Crippen molar-refractivity contribution in [2.75, 3.05) is 0 Å². The number of carbonyl (C=O) groups is 1. The molecule has 20 heavy (non-hydrogen) atoms. The van der Waals surface area contributed by atoms with Gasteiger partial charge in [0.15, 0.2) is 0 Å². The Morgan fingerprint density at radius 3 is 2.95 bits per heavy atom. The minimum Gasteiger partial charge on any atom is -0.465 e. The summed E-state index contributed by atoms with van der Waals surface area (Å²) in [5, 5.41) is 4.29. The maximum Gasteiger partial charge on any atom is 0.247 e. The molecule has 1 fully saturated rings. The van der Waals surface area contributed by atoms with Crippen LogP contribution in [-0.4, -0.2) is 15.7 Å². The van der Waals surface area contributed by atoms with E-state index in [0.29, 0.717) is 12.3 Å². The minimum absolute atomic E-state index is 0.0922. The molecule has 0 spiro atoms. The summed E-state index contributed by atoms with van der Waals surface area (Å²) in [6.45, 7) is 0. The highest BCUT2D eigenvalue weighted by molar-refractivity contribution is 5.78. The SMILES string of the molecule is O=C(CC1CCCC1)n1ccc(C=Cc2ccco2)n1. The molecule has 0 atom stereocenters. The van der Waals surface area contributed by atoms with E-state index < -0.39 is 0 Å². The average molecular weight is 270 g/mol. The van der Waals surface area contributed by atoms with Crippen LogP contribution in [0.25, 0.3) is 12.2 Å². The molecule has 1 aliphatic rings. The third-order valence-electron chi connectivity index (χ3n) is 3.76. The second-order valence-electron chi connectivity index (χ2n) is 5.28. The van der Waals surface area contributed by atoms with Crippen molar-refractivity contribution in [3.8, 4) is 0 Å². The van der Waals surface area contributed by atoms with Crippen molar-refractivity contribution in [2.24, 2.45) is 5.92 Å². The molecular weight excluding hydrogens is 252 g/mol. The van der Waals surface area contributed by atoms with E-state index in [1.54, 1.807) is 12.5 Å². The average Bonchev–Trinajstić information content (AvgIpc) is 3.19. The summed E-state index contributed by atoms with van der Waals surface area (Å²) in [6, 6.07) is 5.55. The Morgan fingerprint density at radius 2 is 2.20 bits per heavy atom. The molecule has 2 heterocycles. The first kappa shape index (κ1) is 12.9. The third-order valence-corrected chi connectivity index (χ3v) is 3.76. The summed E-state index contributed by atoms with van der Waals surface area (Å²) in [5.74, 6) is 1.42. The van der Waals surface area contributed by atoms with Gasteiger partial charge in [0.05, 0.1) is 12.0 Å². The molecule has 104 valence electrons. The number of furan rings is 1. The highest BCUT2D eigenvalue weighted by Crippen LogP contribution is 2.27. The van der Waals surface area contributed by atoms with E-state index in [1.165, 1.54) is 30.4 Å². The van der Waals surface area contributed by atoms with Crippen molar-refractivity contribution in [1.82, 2.24) is 9.78 Å². The number of nitrogens with zero attached hydrogens (tertiary/aromatic N) is 2. The van der Waals surface area contributed by atoms with Crippen molar-refractivity contribution >= 4 is 18.1 Å². The predicted molar refractivity (Wildman–Crippen MR) is 77.1 cm³/mol. The first-order valence-electron chi connectivity index (χ1n) is 7.12. The van der Waals surface area contributed by atoms with Gasteiger partial charge in [-0.3, -0.25) is 4.79 Å². The molecular formula is C16H18N2O2. The van der Waals surface area contributed by atoms with E-state index in [1.807, 2.05) is 30.4 Å². The fourth-order valence-corrected chi connectivity index (χ4v) is 2.67. The van der Waals surface area contributed by atoms with Crippen LogP contribution >= 0.6 is 0 Å². The highest BCUT2D eigenvalue weighted by Gasteiger charge is 2.19. The van der Waals surface area contributed by atoms with Gasteiger partial charge in [-0.2, -0.15) is 5.10 Å². The van der Waals surface area contributed by atoms with Crippen LogP contribution < -0.4 is 0 Å². The van der Waals surface area contributed by atoms with Gasteiger partial charge in [0.2, 0.25) is 5.91 Å². The summed E-state index contributed by atoms with van der Waals surface area (Å²) in [6.07, 6.45) is 12.5.